The van der Waals surface area contributed by atoms with Gasteiger partial charge in [-0.1, -0.05) is 6.07 Å². The number of hydrogen-bond acceptors (Lipinski definition) is 2. The lowest BCUT2D eigenvalue weighted by Gasteiger charge is -2.10. The Morgan fingerprint density at radius 2 is 2.00 bits per heavy atom. The lowest BCUT2D eigenvalue weighted by molar-refractivity contribution is 0.627. The van der Waals surface area contributed by atoms with E-state index in [-0.39, 0.29) is 5.82 Å². The summed E-state index contributed by atoms with van der Waals surface area (Å²) in [5.41, 5.74) is 4.01. The Balaban J connectivity index is 2.10. The van der Waals surface area contributed by atoms with Crippen LogP contribution in [0.2, 0.25) is 0 Å². The van der Waals surface area contributed by atoms with Crippen molar-refractivity contribution in [1.82, 2.24) is 4.98 Å². The number of nitrogens with zero attached hydrogens (tertiary/aromatic N) is 1. The van der Waals surface area contributed by atoms with Gasteiger partial charge in [0.1, 0.15) is 5.82 Å². The maximum Gasteiger partial charge on any atom is 0.123 e. The van der Waals surface area contributed by atoms with Crippen molar-refractivity contribution in [3.8, 4) is 0 Å². The molecule has 0 spiro atoms. The molecule has 0 fully saturated rings. The highest BCUT2D eigenvalue weighted by Crippen LogP contribution is 2.16. The second kappa shape index (κ2) is 4.95. The van der Waals surface area contributed by atoms with E-state index < -0.39 is 0 Å². The summed E-state index contributed by atoms with van der Waals surface area (Å²) in [4.78, 5) is 4.30. The first kappa shape index (κ1) is 11.6. The molecule has 88 valence electrons. The van der Waals surface area contributed by atoms with Crippen molar-refractivity contribution in [2.45, 2.75) is 20.4 Å². The molecule has 0 saturated carbocycles. The van der Waals surface area contributed by atoms with Gasteiger partial charge in [-0.25, -0.2) is 4.39 Å². The van der Waals surface area contributed by atoms with Crippen molar-refractivity contribution >= 4 is 5.69 Å². The first-order valence-electron chi connectivity index (χ1n) is 5.57. The summed E-state index contributed by atoms with van der Waals surface area (Å²) in [5.74, 6) is -0.206. The van der Waals surface area contributed by atoms with E-state index in [1.54, 1.807) is 12.3 Å². The summed E-state index contributed by atoms with van der Waals surface area (Å²) in [6.45, 7) is 4.57. The molecule has 2 rings (SSSR count). The van der Waals surface area contributed by atoms with Crippen LogP contribution in [-0.4, -0.2) is 4.98 Å². The number of nitrogens with one attached hydrogen (secondary N) is 1. The molecule has 1 aromatic heterocycles. The van der Waals surface area contributed by atoms with Crippen LogP contribution in [0, 0.1) is 19.7 Å². The molecule has 2 nitrogen and oxygen atoms in total. The summed E-state index contributed by atoms with van der Waals surface area (Å²) in [7, 11) is 0. The predicted molar refractivity (Wildman–Crippen MR) is 67.4 cm³/mol. The van der Waals surface area contributed by atoms with E-state index in [4.69, 9.17) is 0 Å². The summed E-state index contributed by atoms with van der Waals surface area (Å²) in [6.07, 6.45) is 1.78. The molecule has 0 aliphatic rings. The lowest BCUT2D eigenvalue weighted by atomic mass is 10.1. The molecular weight excluding hydrogens is 215 g/mol. The first-order valence-corrected chi connectivity index (χ1v) is 5.57. The van der Waals surface area contributed by atoms with Crippen LogP contribution in [0.3, 0.4) is 0 Å². The van der Waals surface area contributed by atoms with Gasteiger partial charge in [0.2, 0.25) is 0 Å². The summed E-state index contributed by atoms with van der Waals surface area (Å²) < 4.78 is 12.9. The van der Waals surface area contributed by atoms with E-state index in [0.717, 1.165) is 22.5 Å². The standard InChI is InChI=1S/C14H15FN2/c1-10-4-3-7-16-14(10)9-17-13-6-5-12(15)8-11(13)2/h3-8,17H,9H2,1-2H3. The molecule has 3 heteroatoms. The Labute approximate surface area is 101 Å². The number of anilines is 1. The molecule has 0 amide bonds. The van der Waals surface area contributed by atoms with Gasteiger partial charge in [0.05, 0.1) is 12.2 Å². The minimum absolute atomic E-state index is 0.206. The van der Waals surface area contributed by atoms with Crippen LogP contribution in [0.25, 0.3) is 0 Å². The normalized spacial score (nSPS) is 10.3. The summed E-state index contributed by atoms with van der Waals surface area (Å²) in [6, 6.07) is 8.68. The van der Waals surface area contributed by atoms with Crippen LogP contribution >= 0.6 is 0 Å². The highest BCUT2D eigenvalue weighted by Gasteiger charge is 2.02. The third kappa shape index (κ3) is 2.81. The number of hydrogen-bond donors (Lipinski definition) is 1. The van der Waals surface area contributed by atoms with Gasteiger partial charge in [-0.05, 0) is 49.2 Å². The van der Waals surface area contributed by atoms with Crippen molar-refractivity contribution in [2.24, 2.45) is 0 Å². The molecule has 0 aliphatic heterocycles. The molecule has 0 atom stereocenters. The Morgan fingerprint density at radius 1 is 1.18 bits per heavy atom. The molecule has 0 radical (unpaired) electrons. The summed E-state index contributed by atoms with van der Waals surface area (Å²) >= 11 is 0. The minimum atomic E-state index is -0.206. The smallest absolute Gasteiger partial charge is 0.123 e. The molecule has 17 heavy (non-hydrogen) atoms. The highest BCUT2D eigenvalue weighted by atomic mass is 19.1. The Morgan fingerprint density at radius 3 is 2.71 bits per heavy atom. The van der Waals surface area contributed by atoms with E-state index in [1.807, 2.05) is 26.0 Å². The van der Waals surface area contributed by atoms with Gasteiger partial charge in [-0.3, -0.25) is 4.98 Å². The molecule has 0 saturated heterocycles. The van der Waals surface area contributed by atoms with E-state index >= 15 is 0 Å². The van der Waals surface area contributed by atoms with Crippen molar-refractivity contribution in [1.29, 1.82) is 0 Å². The quantitative estimate of drug-likeness (QED) is 0.873. The molecule has 1 heterocycles. The fourth-order valence-corrected chi connectivity index (χ4v) is 1.71. The van der Waals surface area contributed by atoms with Gasteiger partial charge >= 0.3 is 0 Å². The molecule has 2 aromatic rings. The predicted octanol–water partition coefficient (Wildman–Crippen LogP) is 3.45. The minimum Gasteiger partial charge on any atom is -0.379 e. The van der Waals surface area contributed by atoms with Crippen molar-refractivity contribution in [3.05, 3.63) is 59.2 Å². The van der Waals surface area contributed by atoms with Gasteiger partial charge in [-0.2, -0.15) is 0 Å². The third-order valence-electron chi connectivity index (χ3n) is 2.75. The number of rotatable bonds is 3. The fourth-order valence-electron chi connectivity index (χ4n) is 1.71. The lowest BCUT2D eigenvalue weighted by Crippen LogP contribution is -2.04. The van der Waals surface area contributed by atoms with Crippen molar-refractivity contribution < 1.29 is 4.39 Å². The van der Waals surface area contributed by atoms with E-state index in [0.29, 0.717) is 6.54 Å². The molecule has 0 unspecified atom stereocenters. The molecular formula is C14H15FN2. The second-order valence-corrected chi connectivity index (χ2v) is 4.08. The number of aryl methyl sites for hydroxylation is 2. The highest BCUT2D eigenvalue weighted by molar-refractivity contribution is 5.50. The number of halogens is 1. The van der Waals surface area contributed by atoms with Gasteiger partial charge in [0.25, 0.3) is 0 Å². The van der Waals surface area contributed by atoms with Gasteiger partial charge in [-0.15, -0.1) is 0 Å². The zero-order chi connectivity index (χ0) is 12.3. The number of aromatic nitrogens is 1. The number of pyridine rings is 1. The molecule has 1 aromatic carbocycles. The molecule has 0 aliphatic carbocycles. The van der Waals surface area contributed by atoms with Crippen LogP contribution in [0.1, 0.15) is 16.8 Å². The molecule has 1 N–H and O–H groups in total. The van der Waals surface area contributed by atoms with E-state index in [2.05, 4.69) is 10.3 Å². The Bertz CT molecular complexity index is 523. The maximum atomic E-state index is 12.9. The zero-order valence-electron chi connectivity index (χ0n) is 10.00. The van der Waals surface area contributed by atoms with Crippen LogP contribution in [0.15, 0.2) is 36.5 Å². The van der Waals surface area contributed by atoms with Crippen LogP contribution in [-0.2, 0) is 6.54 Å². The van der Waals surface area contributed by atoms with Gasteiger partial charge < -0.3 is 5.32 Å². The van der Waals surface area contributed by atoms with Gasteiger partial charge in [0, 0.05) is 11.9 Å². The summed E-state index contributed by atoms with van der Waals surface area (Å²) in [5, 5.41) is 3.27. The van der Waals surface area contributed by atoms with Crippen molar-refractivity contribution in [2.75, 3.05) is 5.32 Å². The topological polar surface area (TPSA) is 24.9 Å². The van der Waals surface area contributed by atoms with Crippen LogP contribution in [0.5, 0.6) is 0 Å². The first-order chi connectivity index (χ1) is 8.16. The maximum absolute atomic E-state index is 12.9. The van der Waals surface area contributed by atoms with E-state index in [9.17, 15) is 4.39 Å². The van der Waals surface area contributed by atoms with Crippen LogP contribution in [0.4, 0.5) is 10.1 Å². The number of benzene rings is 1. The van der Waals surface area contributed by atoms with E-state index in [1.165, 1.54) is 12.1 Å². The largest absolute Gasteiger partial charge is 0.379 e. The Hall–Kier alpha value is -1.90. The Kier molecular flexibility index (Phi) is 3.38. The second-order valence-electron chi connectivity index (χ2n) is 4.08. The average Bonchev–Trinajstić information content (AvgIpc) is 2.30. The van der Waals surface area contributed by atoms with Gasteiger partial charge in [0.15, 0.2) is 0 Å². The SMILES string of the molecule is Cc1cc(F)ccc1NCc1ncccc1C. The van der Waals surface area contributed by atoms with Crippen LogP contribution < -0.4 is 5.32 Å². The average molecular weight is 230 g/mol. The fraction of sp³-hybridized carbons (Fsp3) is 0.214. The monoisotopic (exact) mass is 230 g/mol. The molecule has 0 bridgehead atoms. The zero-order valence-corrected chi connectivity index (χ0v) is 10.00. The third-order valence-corrected chi connectivity index (χ3v) is 2.75. The van der Waals surface area contributed by atoms with Crippen molar-refractivity contribution in [3.63, 3.8) is 0 Å².